The number of benzene rings is 9. The fourth-order valence-electron chi connectivity index (χ4n) is 10.9. The van der Waals surface area contributed by atoms with E-state index in [9.17, 15) is 0 Å². The molecule has 2 heteroatoms. The predicted octanol–water partition coefficient (Wildman–Crippen LogP) is 15.7. The summed E-state index contributed by atoms with van der Waals surface area (Å²) in [6.07, 6.45) is 0. The number of hydrogen-bond donors (Lipinski definition) is 0. The minimum Gasteiger partial charge on any atom is -0.309 e. The molecule has 9 aromatic carbocycles. The topological polar surface area (TPSA) is 8.17 Å². The molecule has 0 fully saturated rings. The van der Waals surface area contributed by atoms with E-state index >= 15 is 0 Å². The molecule has 0 saturated heterocycles. The molecule has 2 aliphatic rings. The first kappa shape index (κ1) is 34.8. The molecule has 0 atom stereocenters. The van der Waals surface area contributed by atoms with Crippen LogP contribution in [0.1, 0.15) is 49.9 Å². The predicted molar refractivity (Wildman–Crippen MR) is 254 cm³/mol. The molecule has 1 aromatic heterocycles. The molecule has 10 aromatic rings. The first-order valence-electron chi connectivity index (χ1n) is 21.2. The summed E-state index contributed by atoms with van der Waals surface area (Å²) in [6.45, 7) is 9.52. The Bertz CT molecular complexity index is 3220. The van der Waals surface area contributed by atoms with Crippen LogP contribution in [0, 0.1) is 0 Å². The number of hydrogen-bond acceptors (Lipinski definition) is 1. The average molecular weight is 769 g/mol. The minimum atomic E-state index is -0.142. The van der Waals surface area contributed by atoms with E-state index in [1.165, 1.54) is 99.6 Å². The summed E-state index contributed by atoms with van der Waals surface area (Å²) in [5.74, 6) is 0. The van der Waals surface area contributed by atoms with Crippen LogP contribution in [-0.4, -0.2) is 4.57 Å². The Labute approximate surface area is 351 Å². The molecule has 60 heavy (non-hydrogen) atoms. The summed E-state index contributed by atoms with van der Waals surface area (Å²) in [5.41, 5.74) is 19.9. The first-order valence-corrected chi connectivity index (χ1v) is 21.2. The monoisotopic (exact) mass is 768 g/mol. The van der Waals surface area contributed by atoms with Gasteiger partial charge in [0, 0.05) is 44.1 Å². The van der Waals surface area contributed by atoms with Crippen molar-refractivity contribution >= 4 is 49.6 Å². The average Bonchev–Trinajstić information content (AvgIpc) is 3.84. The molecular formula is C58H44N2. The second-order valence-electron chi connectivity index (χ2n) is 17.7. The summed E-state index contributed by atoms with van der Waals surface area (Å²) < 4.78 is 2.43. The van der Waals surface area contributed by atoms with Gasteiger partial charge >= 0.3 is 0 Å². The van der Waals surface area contributed by atoms with Gasteiger partial charge in [0.2, 0.25) is 0 Å². The van der Waals surface area contributed by atoms with Gasteiger partial charge < -0.3 is 9.47 Å². The molecule has 2 aliphatic carbocycles. The van der Waals surface area contributed by atoms with E-state index in [1.807, 2.05) is 0 Å². The Morgan fingerprint density at radius 3 is 1.47 bits per heavy atom. The number of nitrogens with zero attached hydrogens (tertiary/aromatic N) is 2. The van der Waals surface area contributed by atoms with Gasteiger partial charge in [0.1, 0.15) is 0 Å². The van der Waals surface area contributed by atoms with E-state index in [-0.39, 0.29) is 10.8 Å². The van der Waals surface area contributed by atoms with E-state index in [2.05, 4.69) is 231 Å². The molecule has 286 valence electrons. The molecule has 0 saturated carbocycles. The highest BCUT2D eigenvalue weighted by Crippen LogP contribution is 2.58. The highest BCUT2D eigenvalue weighted by atomic mass is 15.1. The van der Waals surface area contributed by atoms with Crippen LogP contribution in [0.15, 0.2) is 194 Å². The normalized spacial score (nSPS) is 14.3. The maximum absolute atomic E-state index is 2.59. The molecular weight excluding hydrogens is 725 g/mol. The molecule has 0 bridgehead atoms. The van der Waals surface area contributed by atoms with E-state index in [0.29, 0.717) is 0 Å². The van der Waals surface area contributed by atoms with Crippen molar-refractivity contribution in [1.82, 2.24) is 4.57 Å². The lowest BCUT2D eigenvalue weighted by atomic mass is 9.82. The third-order valence-electron chi connectivity index (χ3n) is 13.8. The molecule has 12 rings (SSSR count). The number of rotatable bonds is 5. The van der Waals surface area contributed by atoms with Crippen molar-refractivity contribution in [2.75, 3.05) is 4.90 Å². The highest BCUT2D eigenvalue weighted by molar-refractivity contribution is 6.10. The summed E-state index contributed by atoms with van der Waals surface area (Å²) >= 11 is 0. The largest absolute Gasteiger partial charge is 0.309 e. The molecule has 1 heterocycles. The van der Waals surface area contributed by atoms with Crippen molar-refractivity contribution in [3.8, 4) is 39.1 Å². The van der Waals surface area contributed by atoms with Gasteiger partial charge in [-0.1, -0.05) is 173 Å². The second-order valence-corrected chi connectivity index (χ2v) is 17.7. The minimum absolute atomic E-state index is 0.142. The zero-order chi connectivity index (χ0) is 40.3. The Morgan fingerprint density at radius 1 is 0.383 bits per heavy atom. The van der Waals surface area contributed by atoms with E-state index in [4.69, 9.17) is 0 Å². The Balaban J connectivity index is 1.19. The van der Waals surface area contributed by atoms with Crippen molar-refractivity contribution in [2.24, 2.45) is 0 Å². The standard InChI is InChI=1S/C58H44N2/c1-57(2)47-24-12-8-22-44(47)55-49(57)26-16-30-53(55)60(54-31-17-27-50-56(54)45-23-9-13-25-48(45)58(50,3)4)40-35-38-34-39(32-33-41(38)46(36-40)37-18-6-5-7-19-37)59-51-28-14-10-20-42(51)43-21-11-15-29-52(43)59/h5-36H,1-4H3. The SMILES string of the molecule is CC1(C)c2ccccc2-c2c(N(c3cc(-c4ccccc4)c4ccc(-n5c6ccccc6c6ccccc65)cc4c3)c3cccc4c3-c3ccccc3C4(C)C)cccc21. The van der Waals surface area contributed by atoms with Crippen LogP contribution >= 0.6 is 0 Å². The van der Waals surface area contributed by atoms with Gasteiger partial charge in [0.05, 0.1) is 22.4 Å². The summed E-state index contributed by atoms with van der Waals surface area (Å²) in [6, 6.07) is 72.4. The van der Waals surface area contributed by atoms with E-state index in [1.54, 1.807) is 0 Å². The molecule has 0 spiro atoms. The Hall–Kier alpha value is -7.16. The van der Waals surface area contributed by atoms with E-state index in [0.717, 1.165) is 11.4 Å². The number of anilines is 3. The van der Waals surface area contributed by atoms with Crippen LogP contribution in [0.2, 0.25) is 0 Å². The quantitative estimate of drug-likeness (QED) is 0.169. The zero-order valence-corrected chi connectivity index (χ0v) is 34.4. The van der Waals surface area contributed by atoms with Crippen LogP contribution < -0.4 is 4.90 Å². The van der Waals surface area contributed by atoms with Gasteiger partial charge in [-0.25, -0.2) is 0 Å². The van der Waals surface area contributed by atoms with Crippen LogP contribution in [-0.2, 0) is 10.8 Å². The Morgan fingerprint density at radius 2 is 0.883 bits per heavy atom. The molecule has 2 nitrogen and oxygen atoms in total. The second kappa shape index (κ2) is 12.7. The van der Waals surface area contributed by atoms with Gasteiger partial charge in [-0.3, -0.25) is 0 Å². The lowest BCUT2D eigenvalue weighted by Gasteiger charge is -2.32. The van der Waals surface area contributed by atoms with Gasteiger partial charge in [-0.15, -0.1) is 0 Å². The maximum Gasteiger partial charge on any atom is 0.0543 e. The molecule has 0 unspecified atom stereocenters. The fraction of sp³-hybridized carbons (Fsp3) is 0.103. The summed E-state index contributed by atoms with van der Waals surface area (Å²) in [7, 11) is 0. The number of fused-ring (bicyclic) bond motifs is 10. The van der Waals surface area contributed by atoms with Gasteiger partial charge in [0.15, 0.2) is 0 Å². The van der Waals surface area contributed by atoms with Gasteiger partial charge in [-0.05, 0) is 104 Å². The first-order chi connectivity index (χ1) is 29.3. The lowest BCUT2D eigenvalue weighted by Crippen LogP contribution is -2.17. The fourth-order valence-corrected chi connectivity index (χ4v) is 10.9. The van der Waals surface area contributed by atoms with Crippen LogP contribution in [0.25, 0.3) is 71.6 Å². The number of aromatic nitrogens is 1. The molecule has 0 N–H and O–H groups in total. The van der Waals surface area contributed by atoms with Crippen molar-refractivity contribution in [1.29, 1.82) is 0 Å². The zero-order valence-electron chi connectivity index (χ0n) is 34.4. The van der Waals surface area contributed by atoms with Crippen LogP contribution in [0.4, 0.5) is 17.1 Å². The molecule has 0 radical (unpaired) electrons. The molecule has 0 amide bonds. The smallest absolute Gasteiger partial charge is 0.0543 e. The van der Waals surface area contributed by atoms with Crippen molar-refractivity contribution in [2.45, 2.75) is 38.5 Å². The summed E-state index contributed by atoms with van der Waals surface area (Å²) in [4.78, 5) is 2.59. The van der Waals surface area contributed by atoms with Crippen molar-refractivity contribution in [3.05, 3.63) is 216 Å². The highest BCUT2D eigenvalue weighted by Gasteiger charge is 2.40. The van der Waals surface area contributed by atoms with Gasteiger partial charge in [-0.2, -0.15) is 0 Å². The van der Waals surface area contributed by atoms with Crippen LogP contribution in [0.5, 0.6) is 0 Å². The molecule has 0 aliphatic heterocycles. The Kier molecular flexibility index (Phi) is 7.36. The third-order valence-corrected chi connectivity index (χ3v) is 13.8. The van der Waals surface area contributed by atoms with Crippen molar-refractivity contribution < 1.29 is 0 Å². The van der Waals surface area contributed by atoms with Crippen molar-refractivity contribution in [3.63, 3.8) is 0 Å². The summed E-state index contributed by atoms with van der Waals surface area (Å²) in [5, 5.41) is 4.95. The van der Waals surface area contributed by atoms with Gasteiger partial charge in [0.25, 0.3) is 0 Å². The number of para-hydroxylation sites is 2. The van der Waals surface area contributed by atoms with Crippen LogP contribution in [0.3, 0.4) is 0 Å². The van der Waals surface area contributed by atoms with E-state index < -0.39 is 0 Å². The maximum atomic E-state index is 2.59. The lowest BCUT2D eigenvalue weighted by molar-refractivity contribution is 0.660. The third kappa shape index (κ3) is 4.82.